The van der Waals surface area contributed by atoms with Gasteiger partial charge in [0.25, 0.3) is 10.0 Å². The molecule has 0 saturated carbocycles. The number of hydrogen-bond donors (Lipinski definition) is 0. The van der Waals surface area contributed by atoms with Crippen molar-refractivity contribution in [1.29, 1.82) is 0 Å². The van der Waals surface area contributed by atoms with Crippen LogP contribution in [-0.4, -0.2) is 30.8 Å². The number of hydrogen-bond acceptors (Lipinski definition) is 5. The van der Waals surface area contributed by atoms with Gasteiger partial charge >= 0.3 is 5.97 Å². The Morgan fingerprint density at radius 3 is 2.38 bits per heavy atom. The lowest BCUT2D eigenvalue weighted by molar-refractivity contribution is 0.0468. The third kappa shape index (κ3) is 4.22. The average molecular weight is 450 g/mol. The fraction of sp³-hybridized carbons (Fsp3) is 0.167. The zero-order valence-electron chi connectivity index (χ0n) is 18.0. The molecule has 0 unspecified atom stereocenters. The van der Waals surface area contributed by atoms with Gasteiger partial charge in [-0.25, -0.2) is 18.2 Å². The summed E-state index contributed by atoms with van der Waals surface area (Å²) >= 11 is 0. The second-order valence-electron chi connectivity index (χ2n) is 7.56. The van der Waals surface area contributed by atoms with Crippen molar-refractivity contribution in [3.63, 3.8) is 0 Å². The van der Waals surface area contributed by atoms with E-state index in [1.807, 2.05) is 42.8 Å². The van der Waals surface area contributed by atoms with Crippen LogP contribution in [0, 0.1) is 13.8 Å². The molecule has 0 amide bonds. The molecule has 0 radical (unpaired) electrons. The molecule has 8 heteroatoms. The van der Waals surface area contributed by atoms with Crippen molar-refractivity contribution in [2.24, 2.45) is 0 Å². The molecule has 0 spiro atoms. The van der Waals surface area contributed by atoms with E-state index in [1.54, 1.807) is 48.5 Å². The molecule has 4 rings (SSSR count). The Kier molecular flexibility index (Phi) is 5.71. The highest BCUT2D eigenvalue weighted by Crippen LogP contribution is 2.23. The van der Waals surface area contributed by atoms with E-state index in [0.29, 0.717) is 16.9 Å². The summed E-state index contributed by atoms with van der Waals surface area (Å²) in [5, 5.41) is 0. The van der Waals surface area contributed by atoms with Gasteiger partial charge in [-0.15, -0.1) is 0 Å². The van der Waals surface area contributed by atoms with Crippen molar-refractivity contribution in [3.8, 4) is 0 Å². The second-order valence-corrected chi connectivity index (χ2v) is 9.53. The number of sulfonamides is 1. The average Bonchev–Trinajstić information content (AvgIpc) is 3.22. The van der Waals surface area contributed by atoms with Crippen LogP contribution in [0.2, 0.25) is 0 Å². The van der Waals surface area contributed by atoms with Crippen molar-refractivity contribution in [1.82, 2.24) is 9.38 Å². The summed E-state index contributed by atoms with van der Waals surface area (Å²) in [6, 6.07) is 16.8. The summed E-state index contributed by atoms with van der Waals surface area (Å²) in [7, 11) is -2.22. The number of esters is 1. The summed E-state index contributed by atoms with van der Waals surface area (Å²) < 4.78 is 34.1. The monoisotopic (exact) mass is 449 g/mol. The highest BCUT2D eigenvalue weighted by atomic mass is 32.2. The third-order valence-corrected chi connectivity index (χ3v) is 7.02. The Morgan fingerprint density at radius 1 is 1.03 bits per heavy atom. The number of imidazole rings is 1. The lowest BCUT2D eigenvalue weighted by Gasteiger charge is -2.19. The largest absolute Gasteiger partial charge is 0.456 e. The van der Waals surface area contributed by atoms with Crippen LogP contribution in [-0.2, 0) is 21.4 Å². The standard InChI is InChI=1S/C24H23N3O4S/c1-17-6-12-22(13-7-17)32(29,30)26(3)21-10-8-19(9-11-21)24(28)31-16-20-15-27-14-4-5-18(2)23(27)25-20/h4-15H,16H2,1-3H3. The normalized spacial score (nSPS) is 11.5. The topological polar surface area (TPSA) is 81.0 Å². The van der Waals surface area contributed by atoms with E-state index in [4.69, 9.17) is 4.74 Å². The van der Waals surface area contributed by atoms with Gasteiger partial charge in [0.05, 0.1) is 21.8 Å². The zero-order valence-corrected chi connectivity index (χ0v) is 18.8. The smallest absolute Gasteiger partial charge is 0.338 e. The number of carbonyl (C=O) groups excluding carboxylic acids is 1. The first-order valence-corrected chi connectivity index (χ1v) is 11.5. The lowest BCUT2D eigenvalue weighted by atomic mass is 10.2. The first kappa shape index (κ1) is 21.6. The predicted molar refractivity (Wildman–Crippen MR) is 122 cm³/mol. The van der Waals surface area contributed by atoms with Crippen LogP contribution in [0.25, 0.3) is 5.65 Å². The fourth-order valence-corrected chi connectivity index (χ4v) is 4.51. The van der Waals surface area contributed by atoms with Gasteiger partial charge in [-0.05, 0) is 61.9 Å². The van der Waals surface area contributed by atoms with Gasteiger partial charge in [0, 0.05) is 19.4 Å². The molecule has 2 aromatic heterocycles. The maximum Gasteiger partial charge on any atom is 0.338 e. The van der Waals surface area contributed by atoms with Crippen molar-refractivity contribution < 1.29 is 17.9 Å². The fourth-order valence-electron chi connectivity index (χ4n) is 3.31. The molecule has 0 fully saturated rings. The van der Waals surface area contributed by atoms with Gasteiger partial charge in [-0.1, -0.05) is 23.8 Å². The summed E-state index contributed by atoms with van der Waals surface area (Å²) in [6.07, 6.45) is 3.71. The SMILES string of the molecule is Cc1ccc(S(=O)(=O)N(C)c2ccc(C(=O)OCc3cn4cccc(C)c4n3)cc2)cc1. The molecule has 2 heterocycles. The Labute approximate surface area is 187 Å². The molecule has 32 heavy (non-hydrogen) atoms. The Morgan fingerprint density at radius 2 is 1.72 bits per heavy atom. The molecule has 0 atom stereocenters. The van der Waals surface area contributed by atoms with Crippen LogP contribution in [0.3, 0.4) is 0 Å². The molecular formula is C24H23N3O4S. The number of nitrogens with zero attached hydrogens (tertiary/aromatic N) is 3. The number of fused-ring (bicyclic) bond motifs is 1. The number of ether oxygens (including phenoxy) is 1. The van der Waals surface area contributed by atoms with Gasteiger partial charge < -0.3 is 9.14 Å². The quantitative estimate of drug-likeness (QED) is 0.414. The number of aryl methyl sites for hydroxylation is 2. The molecule has 0 N–H and O–H groups in total. The minimum atomic E-state index is -3.70. The van der Waals surface area contributed by atoms with Crippen LogP contribution in [0.15, 0.2) is 78.0 Å². The maximum atomic E-state index is 12.8. The van der Waals surface area contributed by atoms with Gasteiger partial charge in [0.1, 0.15) is 12.3 Å². The molecule has 4 aromatic rings. The Balaban J connectivity index is 1.44. The van der Waals surface area contributed by atoms with Crippen LogP contribution in [0.5, 0.6) is 0 Å². The van der Waals surface area contributed by atoms with Crippen LogP contribution < -0.4 is 4.31 Å². The van der Waals surface area contributed by atoms with Gasteiger partial charge in [0.2, 0.25) is 0 Å². The number of pyridine rings is 1. The van der Waals surface area contributed by atoms with E-state index in [-0.39, 0.29) is 11.5 Å². The summed E-state index contributed by atoms with van der Waals surface area (Å²) in [6.45, 7) is 3.91. The molecule has 0 saturated heterocycles. The number of benzene rings is 2. The third-order valence-electron chi connectivity index (χ3n) is 5.22. The summed E-state index contributed by atoms with van der Waals surface area (Å²) in [4.78, 5) is 17.1. The van der Waals surface area contributed by atoms with Crippen LogP contribution in [0.1, 0.15) is 27.2 Å². The molecule has 0 aliphatic heterocycles. The number of carbonyl (C=O) groups is 1. The van der Waals surface area contributed by atoms with E-state index >= 15 is 0 Å². The van der Waals surface area contributed by atoms with E-state index in [0.717, 1.165) is 16.8 Å². The predicted octanol–water partition coefficient (Wildman–Crippen LogP) is 4.13. The van der Waals surface area contributed by atoms with Crippen molar-refractivity contribution in [2.75, 3.05) is 11.4 Å². The van der Waals surface area contributed by atoms with Gasteiger partial charge in [-0.3, -0.25) is 4.31 Å². The van der Waals surface area contributed by atoms with E-state index in [9.17, 15) is 13.2 Å². The lowest BCUT2D eigenvalue weighted by Crippen LogP contribution is -2.26. The minimum Gasteiger partial charge on any atom is -0.456 e. The molecule has 0 bridgehead atoms. The number of rotatable bonds is 6. The maximum absolute atomic E-state index is 12.8. The minimum absolute atomic E-state index is 0.0451. The Hall–Kier alpha value is -3.65. The molecule has 2 aromatic carbocycles. The Bertz CT molecular complexity index is 1380. The number of aromatic nitrogens is 2. The van der Waals surface area contributed by atoms with Crippen LogP contribution in [0.4, 0.5) is 5.69 Å². The first-order chi connectivity index (χ1) is 15.3. The highest BCUT2D eigenvalue weighted by Gasteiger charge is 2.21. The van der Waals surface area contributed by atoms with E-state index in [2.05, 4.69) is 4.98 Å². The van der Waals surface area contributed by atoms with Crippen molar-refractivity contribution >= 4 is 27.3 Å². The van der Waals surface area contributed by atoms with Gasteiger partial charge in [0.15, 0.2) is 0 Å². The van der Waals surface area contributed by atoms with E-state index in [1.165, 1.54) is 11.4 Å². The highest BCUT2D eigenvalue weighted by molar-refractivity contribution is 7.92. The summed E-state index contributed by atoms with van der Waals surface area (Å²) in [5.74, 6) is -0.505. The zero-order chi connectivity index (χ0) is 22.9. The first-order valence-electron chi connectivity index (χ1n) is 10.0. The molecule has 0 aliphatic rings. The molecular weight excluding hydrogens is 426 g/mol. The van der Waals surface area contributed by atoms with E-state index < -0.39 is 16.0 Å². The molecule has 164 valence electrons. The second kappa shape index (κ2) is 8.47. The van der Waals surface area contributed by atoms with Crippen molar-refractivity contribution in [3.05, 3.63) is 95.4 Å². The van der Waals surface area contributed by atoms with Gasteiger partial charge in [-0.2, -0.15) is 0 Å². The van der Waals surface area contributed by atoms with Crippen molar-refractivity contribution in [2.45, 2.75) is 25.3 Å². The number of anilines is 1. The molecule has 7 nitrogen and oxygen atoms in total. The molecule has 0 aliphatic carbocycles. The summed E-state index contributed by atoms with van der Waals surface area (Å²) in [5.41, 5.74) is 4.25. The van der Waals surface area contributed by atoms with Crippen LogP contribution >= 0.6 is 0 Å².